The molecule has 0 unspecified atom stereocenters. The molecule has 1 nitrogen and oxygen atoms in total. The number of hydrogen-bond acceptors (Lipinski definition) is 1. The van der Waals surface area contributed by atoms with Crippen LogP contribution >= 0.6 is 11.6 Å². The van der Waals surface area contributed by atoms with Gasteiger partial charge in [-0.05, 0) is 31.0 Å². The van der Waals surface area contributed by atoms with Crippen LogP contribution in [0.1, 0.15) is 12.8 Å². The molecule has 0 saturated carbocycles. The van der Waals surface area contributed by atoms with E-state index in [1.165, 1.54) is 12.8 Å². The Morgan fingerprint density at radius 2 is 2.31 bits per heavy atom. The first-order valence-electron chi connectivity index (χ1n) is 4.53. The molecule has 1 atom stereocenters. The van der Waals surface area contributed by atoms with Crippen LogP contribution in [0.5, 0.6) is 0 Å². The predicted molar refractivity (Wildman–Crippen MR) is 57.2 cm³/mol. The lowest BCUT2D eigenvalue weighted by atomic mass is 10.2. The standard InChI is InChI=1S/C11H12ClN/c12-9-4-3-7-11(8-9)13-10-5-1-2-6-10/h1,3-5,7-8,10,13H,2,6H2/t10-/m0/s1. The van der Waals surface area contributed by atoms with Crippen molar-refractivity contribution in [3.8, 4) is 0 Å². The van der Waals surface area contributed by atoms with Gasteiger partial charge >= 0.3 is 0 Å². The van der Waals surface area contributed by atoms with Crippen LogP contribution in [0, 0.1) is 0 Å². The third-order valence-corrected chi connectivity index (χ3v) is 2.42. The number of nitrogens with one attached hydrogen (secondary N) is 1. The Balaban J connectivity index is 2.04. The highest BCUT2D eigenvalue weighted by molar-refractivity contribution is 6.30. The molecule has 1 aromatic carbocycles. The van der Waals surface area contributed by atoms with Gasteiger partial charge in [0.05, 0.1) is 0 Å². The van der Waals surface area contributed by atoms with E-state index in [-0.39, 0.29) is 0 Å². The van der Waals surface area contributed by atoms with Crippen molar-refractivity contribution in [2.45, 2.75) is 18.9 Å². The molecular weight excluding hydrogens is 182 g/mol. The van der Waals surface area contributed by atoms with Gasteiger partial charge < -0.3 is 5.32 Å². The van der Waals surface area contributed by atoms with Crippen molar-refractivity contribution < 1.29 is 0 Å². The number of benzene rings is 1. The number of anilines is 1. The second-order valence-corrected chi connectivity index (χ2v) is 3.70. The van der Waals surface area contributed by atoms with Crippen molar-refractivity contribution in [1.82, 2.24) is 0 Å². The van der Waals surface area contributed by atoms with E-state index in [0.29, 0.717) is 6.04 Å². The summed E-state index contributed by atoms with van der Waals surface area (Å²) >= 11 is 5.87. The number of rotatable bonds is 2. The highest BCUT2D eigenvalue weighted by Crippen LogP contribution is 2.19. The van der Waals surface area contributed by atoms with E-state index < -0.39 is 0 Å². The highest BCUT2D eigenvalue weighted by atomic mass is 35.5. The Morgan fingerprint density at radius 1 is 1.38 bits per heavy atom. The summed E-state index contributed by atoms with van der Waals surface area (Å²) in [5.74, 6) is 0. The van der Waals surface area contributed by atoms with Gasteiger partial charge in [0.25, 0.3) is 0 Å². The van der Waals surface area contributed by atoms with Crippen LogP contribution in [0.3, 0.4) is 0 Å². The Bertz CT molecular complexity index is 320. The first-order valence-corrected chi connectivity index (χ1v) is 4.91. The fourth-order valence-electron chi connectivity index (χ4n) is 1.55. The van der Waals surface area contributed by atoms with E-state index in [4.69, 9.17) is 11.6 Å². The first kappa shape index (κ1) is 8.64. The molecule has 0 saturated heterocycles. The zero-order valence-electron chi connectivity index (χ0n) is 7.33. The van der Waals surface area contributed by atoms with E-state index in [0.717, 1.165) is 10.7 Å². The fourth-order valence-corrected chi connectivity index (χ4v) is 1.74. The van der Waals surface area contributed by atoms with Crippen LogP contribution in [-0.2, 0) is 0 Å². The number of halogens is 1. The molecule has 1 aliphatic rings. The molecule has 13 heavy (non-hydrogen) atoms. The maximum Gasteiger partial charge on any atom is 0.0447 e. The molecule has 0 fully saturated rings. The Hall–Kier alpha value is -0.950. The van der Waals surface area contributed by atoms with E-state index in [1.807, 2.05) is 24.3 Å². The number of hydrogen-bond donors (Lipinski definition) is 1. The monoisotopic (exact) mass is 193 g/mol. The van der Waals surface area contributed by atoms with Crippen LogP contribution in [0.15, 0.2) is 36.4 Å². The summed E-state index contributed by atoms with van der Waals surface area (Å²) < 4.78 is 0. The summed E-state index contributed by atoms with van der Waals surface area (Å²) in [6.45, 7) is 0. The minimum Gasteiger partial charge on any atom is -0.379 e. The summed E-state index contributed by atoms with van der Waals surface area (Å²) in [7, 11) is 0. The molecule has 0 heterocycles. The first-order chi connectivity index (χ1) is 6.34. The van der Waals surface area contributed by atoms with Gasteiger partial charge in [-0.2, -0.15) is 0 Å². The van der Waals surface area contributed by atoms with Gasteiger partial charge in [-0.1, -0.05) is 29.8 Å². The zero-order chi connectivity index (χ0) is 9.10. The van der Waals surface area contributed by atoms with Gasteiger partial charge in [0, 0.05) is 16.8 Å². The van der Waals surface area contributed by atoms with Gasteiger partial charge in [-0.15, -0.1) is 0 Å². The molecule has 0 spiro atoms. The summed E-state index contributed by atoms with van der Waals surface area (Å²) in [6, 6.07) is 8.32. The normalized spacial score (nSPS) is 20.5. The second kappa shape index (κ2) is 3.84. The van der Waals surface area contributed by atoms with Crippen molar-refractivity contribution in [2.24, 2.45) is 0 Å². The highest BCUT2D eigenvalue weighted by Gasteiger charge is 2.07. The smallest absolute Gasteiger partial charge is 0.0447 e. The van der Waals surface area contributed by atoms with Crippen LogP contribution in [0.4, 0.5) is 5.69 Å². The van der Waals surface area contributed by atoms with Crippen molar-refractivity contribution in [2.75, 3.05) is 5.32 Å². The lowest BCUT2D eigenvalue weighted by Gasteiger charge is -2.11. The summed E-state index contributed by atoms with van der Waals surface area (Å²) in [4.78, 5) is 0. The molecular formula is C11H12ClN. The molecule has 2 rings (SSSR count). The summed E-state index contributed by atoms with van der Waals surface area (Å²) in [5.41, 5.74) is 1.10. The predicted octanol–water partition coefficient (Wildman–Crippen LogP) is 3.47. The van der Waals surface area contributed by atoms with Crippen molar-refractivity contribution in [1.29, 1.82) is 0 Å². The largest absolute Gasteiger partial charge is 0.379 e. The zero-order valence-corrected chi connectivity index (χ0v) is 8.09. The maximum atomic E-state index is 5.87. The number of allylic oxidation sites excluding steroid dienone is 1. The van der Waals surface area contributed by atoms with Gasteiger partial charge in [0.2, 0.25) is 0 Å². The minimum absolute atomic E-state index is 0.485. The van der Waals surface area contributed by atoms with E-state index in [9.17, 15) is 0 Å². The van der Waals surface area contributed by atoms with Crippen LogP contribution in [0.2, 0.25) is 5.02 Å². The molecule has 0 aromatic heterocycles. The van der Waals surface area contributed by atoms with Crippen molar-refractivity contribution in [3.63, 3.8) is 0 Å². The van der Waals surface area contributed by atoms with Crippen molar-refractivity contribution >= 4 is 17.3 Å². The van der Waals surface area contributed by atoms with Gasteiger partial charge in [-0.3, -0.25) is 0 Å². The molecule has 0 aliphatic heterocycles. The second-order valence-electron chi connectivity index (χ2n) is 3.27. The lowest BCUT2D eigenvalue weighted by Crippen LogP contribution is -2.12. The van der Waals surface area contributed by atoms with Gasteiger partial charge in [0.15, 0.2) is 0 Å². The van der Waals surface area contributed by atoms with E-state index in [2.05, 4.69) is 17.5 Å². The van der Waals surface area contributed by atoms with Gasteiger partial charge in [0.1, 0.15) is 0 Å². The van der Waals surface area contributed by atoms with Crippen LogP contribution < -0.4 is 5.32 Å². The molecule has 2 heteroatoms. The van der Waals surface area contributed by atoms with Crippen molar-refractivity contribution in [3.05, 3.63) is 41.4 Å². The topological polar surface area (TPSA) is 12.0 Å². The lowest BCUT2D eigenvalue weighted by molar-refractivity contribution is 0.826. The summed E-state index contributed by atoms with van der Waals surface area (Å²) in [5, 5.41) is 4.19. The SMILES string of the molecule is Clc1cccc(N[C@H]2C=CCC2)c1. The average Bonchev–Trinajstić information content (AvgIpc) is 2.57. The molecule has 0 bridgehead atoms. The molecule has 68 valence electrons. The van der Waals surface area contributed by atoms with Crippen LogP contribution in [0.25, 0.3) is 0 Å². The van der Waals surface area contributed by atoms with E-state index in [1.54, 1.807) is 0 Å². The minimum atomic E-state index is 0.485. The molecule has 0 amide bonds. The average molecular weight is 194 g/mol. The van der Waals surface area contributed by atoms with Crippen LogP contribution in [-0.4, -0.2) is 6.04 Å². The molecule has 1 N–H and O–H groups in total. The van der Waals surface area contributed by atoms with E-state index >= 15 is 0 Å². The Labute approximate surface area is 83.4 Å². The molecule has 1 aliphatic carbocycles. The third kappa shape index (κ3) is 2.25. The summed E-state index contributed by atoms with van der Waals surface area (Å²) in [6.07, 6.45) is 6.79. The Kier molecular flexibility index (Phi) is 2.55. The van der Waals surface area contributed by atoms with Gasteiger partial charge in [-0.25, -0.2) is 0 Å². The quantitative estimate of drug-likeness (QED) is 0.710. The Morgan fingerprint density at radius 3 is 3.00 bits per heavy atom. The molecule has 1 aromatic rings. The maximum absolute atomic E-state index is 5.87. The molecule has 0 radical (unpaired) electrons. The third-order valence-electron chi connectivity index (χ3n) is 2.19. The fraction of sp³-hybridized carbons (Fsp3) is 0.273.